The Balaban J connectivity index is 0.000000599. The highest BCUT2D eigenvalue weighted by atomic mass is 35.5. The number of H-pyrrole nitrogens is 1. The fourth-order valence-electron chi connectivity index (χ4n) is 2.89. The quantitative estimate of drug-likeness (QED) is 0.132. The first-order valence-electron chi connectivity index (χ1n) is 13.2. The molecule has 240 valence electrons. The maximum Gasteiger partial charge on any atom is 0.365 e. The Bertz CT molecular complexity index is 1500. The fraction of sp³-hybridized carbons (Fsp3) is 0.250. The van der Waals surface area contributed by atoms with Crippen LogP contribution in [0.25, 0.3) is 5.69 Å². The summed E-state index contributed by atoms with van der Waals surface area (Å²) in [7, 11) is -0.611. The number of benzene rings is 3. The van der Waals surface area contributed by atoms with Gasteiger partial charge in [-0.25, -0.2) is 14.7 Å². The Morgan fingerprint density at radius 2 is 0.978 bits per heavy atom. The number of aromatic nitrogens is 4. The van der Waals surface area contributed by atoms with E-state index < -0.39 is 25.0 Å². The average molecular weight is 655 g/mol. The van der Waals surface area contributed by atoms with Crippen LogP contribution in [0.1, 0.15) is 80.0 Å². The summed E-state index contributed by atoms with van der Waals surface area (Å²) in [5.74, 6) is -1.09. The molecule has 45 heavy (non-hydrogen) atoms. The Morgan fingerprint density at radius 1 is 0.667 bits per heavy atom. The van der Waals surface area contributed by atoms with Gasteiger partial charge in [-0.15, -0.1) is 0 Å². The van der Waals surface area contributed by atoms with Gasteiger partial charge in [0.15, 0.2) is 17.3 Å². The highest BCUT2D eigenvalue weighted by molar-refractivity contribution is 6.74. The van der Waals surface area contributed by atoms with Crippen molar-refractivity contribution in [2.75, 3.05) is 0 Å². The van der Waals surface area contributed by atoms with Gasteiger partial charge in [0.1, 0.15) is 0 Å². The van der Waals surface area contributed by atoms with Gasteiger partial charge in [-0.3, -0.25) is 19.2 Å². The number of halogens is 1. The number of hydrogen-bond donors (Lipinski definition) is 2. The van der Waals surface area contributed by atoms with Crippen LogP contribution < -0.4 is 5.69 Å². The topological polar surface area (TPSA) is 169 Å². The van der Waals surface area contributed by atoms with E-state index in [1.807, 2.05) is 0 Å². The molecule has 0 spiro atoms. The first-order chi connectivity index (χ1) is 20.4. The first kappa shape index (κ1) is 40.2. The summed E-state index contributed by atoms with van der Waals surface area (Å²) in [5, 5.41) is 17.1. The normalized spacial score (nSPS) is 9.78. The van der Waals surface area contributed by atoms with Crippen molar-refractivity contribution in [2.24, 2.45) is 0 Å². The second kappa shape index (κ2) is 18.8. The third-order valence-electron chi connectivity index (χ3n) is 5.05. The standard InChI is InChI=1S/C9H7ClO2.C9H8N4O2.C9H8O3.C4H12Si.CH4/c1-6(11)7-2-4-8(5-3-7)9(10)12;1-6(14)7-2-4-8(5-3-7)13-9(15)10-11-12-13;1-6(10)7-2-4-8(5-3-7)9(11)12;1-5(2,3)4;/h2-5H,1H3;2-5H,1H3,(H,10,12,15);2-5H,1H3,(H,11,12);1-4H3;1H4. The minimum absolute atomic E-state index is 0. The number of hydrogen-bond acceptors (Lipinski definition) is 8. The van der Waals surface area contributed by atoms with E-state index in [9.17, 15) is 28.8 Å². The number of nitrogens with zero attached hydrogens (tertiary/aromatic N) is 3. The molecule has 0 saturated carbocycles. The summed E-state index contributed by atoms with van der Waals surface area (Å²) in [5.41, 5.74) is 2.46. The average Bonchev–Trinajstić information content (AvgIpc) is 3.38. The first-order valence-corrected chi connectivity index (χ1v) is 17.6. The summed E-state index contributed by atoms with van der Waals surface area (Å²) < 4.78 is 1.11. The molecule has 0 saturated heterocycles. The zero-order chi connectivity index (χ0) is 33.6. The molecule has 0 amide bonds. The molecule has 11 nitrogen and oxygen atoms in total. The molecule has 0 radical (unpaired) electrons. The molecule has 0 bridgehead atoms. The van der Waals surface area contributed by atoms with Gasteiger partial charge in [0.05, 0.1) is 11.3 Å². The fourth-order valence-corrected chi connectivity index (χ4v) is 3.01. The van der Waals surface area contributed by atoms with E-state index in [0.717, 1.165) is 4.68 Å². The highest BCUT2D eigenvalue weighted by Gasteiger charge is 2.05. The third kappa shape index (κ3) is 15.5. The van der Waals surface area contributed by atoms with Crippen LogP contribution in [0.3, 0.4) is 0 Å². The monoisotopic (exact) mass is 654 g/mol. The number of aromatic amines is 1. The molecule has 0 atom stereocenters. The number of ketones is 3. The lowest BCUT2D eigenvalue weighted by atomic mass is 10.1. The van der Waals surface area contributed by atoms with E-state index in [0.29, 0.717) is 27.9 Å². The summed E-state index contributed by atoms with van der Waals surface area (Å²) >= 11 is 5.21. The van der Waals surface area contributed by atoms with Gasteiger partial charge >= 0.3 is 11.7 Å². The second-order valence-corrected chi connectivity index (χ2v) is 17.2. The SMILES string of the molecule is C.CC(=O)c1ccc(-n2nn[nH]c2=O)cc1.CC(=O)c1ccc(C(=O)Cl)cc1.CC(=O)c1ccc(C(=O)O)cc1.C[Si](C)(C)C. The van der Waals surface area contributed by atoms with Crippen molar-refractivity contribution in [3.8, 4) is 5.69 Å². The van der Waals surface area contributed by atoms with Crippen molar-refractivity contribution in [3.05, 3.63) is 111 Å². The molecule has 0 unspecified atom stereocenters. The Morgan fingerprint density at radius 3 is 1.24 bits per heavy atom. The molecule has 4 rings (SSSR count). The summed E-state index contributed by atoms with van der Waals surface area (Å²) in [4.78, 5) is 64.8. The lowest BCUT2D eigenvalue weighted by Crippen LogP contribution is -2.15. The van der Waals surface area contributed by atoms with E-state index in [1.165, 1.54) is 57.2 Å². The summed E-state index contributed by atoms with van der Waals surface area (Å²) in [6.45, 7) is 13.7. The molecule has 0 aliphatic rings. The smallest absolute Gasteiger partial charge is 0.365 e. The largest absolute Gasteiger partial charge is 0.478 e. The lowest BCUT2D eigenvalue weighted by molar-refractivity contribution is 0.0695. The summed E-state index contributed by atoms with van der Waals surface area (Å²) in [6, 6.07) is 18.6. The van der Waals surface area contributed by atoms with E-state index in [1.54, 1.807) is 36.4 Å². The summed E-state index contributed by atoms with van der Waals surface area (Å²) in [6.07, 6.45) is 0. The molecular weight excluding hydrogens is 616 g/mol. The Hall–Kier alpha value is -4.81. The number of carbonyl (C=O) groups is 5. The van der Waals surface area contributed by atoms with Crippen molar-refractivity contribution in [2.45, 2.75) is 54.4 Å². The molecule has 0 aliphatic heterocycles. The third-order valence-corrected chi connectivity index (χ3v) is 5.27. The van der Waals surface area contributed by atoms with Crippen LogP contribution in [0, 0.1) is 0 Å². The van der Waals surface area contributed by atoms with E-state index in [-0.39, 0.29) is 30.3 Å². The number of rotatable bonds is 6. The zero-order valence-corrected chi connectivity index (χ0v) is 27.3. The Labute approximate surface area is 268 Å². The number of carboxylic acids is 1. The zero-order valence-electron chi connectivity index (χ0n) is 25.5. The lowest BCUT2D eigenvalue weighted by Gasteiger charge is -2.01. The van der Waals surface area contributed by atoms with E-state index >= 15 is 0 Å². The maximum absolute atomic E-state index is 11.2. The van der Waals surface area contributed by atoms with Crippen molar-refractivity contribution in [3.63, 3.8) is 0 Å². The van der Waals surface area contributed by atoms with E-state index in [2.05, 4.69) is 41.7 Å². The predicted octanol–water partition coefficient (Wildman–Crippen LogP) is 6.60. The number of tetrazole rings is 1. The second-order valence-electron chi connectivity index (χ2n) is 10.9. The molecule has 4 aromatic rings. The van der Waals surface area contributed by atoms with Crippen molar-refractivity contribution in [1.82, 2.24) is 20.2 Å². The van der Waals surface area contributed by atoms with Crippen LogP contribution in [-0.2, 0) is 0 Å². The number of aromatic carboxylic acids is 1. The van der Waals surface area contributed by atoms with Crippen LogP contribution in [0.4, 0.5) is 0 Å². The molecule has 0 aliphatic carbocycles. The molecule has 1 heterocycles. The predicted molar refractivity (Wildman–Crippen MR) is 178 cm³/mol. The number of Topliss-reactive ketones (excluding diaryl/α,β-unsaturated/α-hetero) is 3. The van der Waals surface area contributed by atoms with Gasteiger partial charge in [-0.1, -0.05) is 57.9 Å². The van der Waals surface area contributed by atoms with Gasteiger partial charge in [-0.05, 0) is 91.3 Å². The van der Waals surface area contributed by atoms with Crippen molar-refractivity contribution >= 4 is 48.2 Å². The van der Waals surface area contributed by atoms with Crippen LogP contribution in [0.2, 0.25) is 26.2 Å². The van der Waals surface area contributed by atoms with Crippen LogP contribution in [0.5, 0.6) is 0 Å². The van der Waals surface area contributed by atoms with Gasteiger partial charge in [0.2, 0.25) is 0 Å². The Kier molecular flexibility index (Phi) is 16.8. The molecule has 13 heteroatoms. The molecule has 0 fully saturated rings. The number of nitrogens with one attached hydrogen (secondary N) is 1. The van der Waals surface area contributed by atoms with Crippen LogP contribution in [-0.4, -0.2) is 61.9 Å². The van der Waals surface area contributed by atoms with E-state index in [4.69, 9.17) is 16.7 Å². The van der Waals surface area contributed by atoms with Gasteiger partial charge in [0.25, 0.3) is 5.24 Å². The van der Waals surface area contributed by atoms with Gasteiger partial charge in [-0.2, -0.15) is 4.68 Å². The molecule has 1 aromatic heterocycles. The molecular formula is C32H39ClN4O7Si. The minimum atomic E-state index is -0.981. The number of carboxylic acid groups (broad SMARTS) is 1. The maximum atomic E-state index is 11.2. The number of carbonyl (C=O) groups excluding carboxylic acids is 4. The van der Waals surface area contributed by atoms with Gasteiger partial charge < -0.3 is 5.11 Å². The van der Waals surface area contributed by atoms with Gasteiger partial charge in [0, 0.05) is 30.3 Å². The van der Waals surface area contributed by atoms with Crippen molar-refractivity contribution < 1.29 is 29.1 Å². The van der Waals surface area contributed by atoms with Crippen LogP contribution >= 0.6 is 11.6 Å². The molecule has 3 aromatic carbocycles. The minimum Gasteiger partial charge on any atom is -0.478 e. The molecule has 2 N–H and O–H groups in total. The van der Waals surface area contributed by atoms with Crippen LogP contribution in [0.15, 0.2) is 77.6 Å². The van der Waals surface area contributed by atoms with Crippen molar-refractivity contribution in [1.29, 1.82) is 0 Å². The highest BCUT2D eigenvalue weighted by Crippen LogP contribution is 2.08.